The van der Waals surface area contributed by atoms with Gasteiger partial charge in [-0.25, -0.2) is 0 Å². The quantitative estimate of drug-likeness (QED) is 0.808. The molecule has 0 radical (unpaired) electrons. The lowest BCUT2D eigenvalue weighted by molar-refractivity contribution is 1.02. The third-order valence-electron chi connectivity index (χ3n) is 3.26. The highest BCUT2D eigenvalue weighted by atomic mass is 35.5. The van der Waals surface area contributed by atoms with Crippen molar-refractivity contribution >= 4 is 23.1 Å². The van der Waals surface area contributed by atoms with Crippen LogP contribution >= 0.6 is 11.6 Å². The van der Waals surface area contributed by atoms with Gasteiger partial charge in [0.15, 0.2) is 0 Å². The Morgan fingerprint density at radius 2 is 1.89 bits per heavy atom. The number of aryl methyl sites for hydroxylation is 1. The molecule has 0 aliphatic carbocycles. The lowest BCUT2D eigenvalue weighted by Crippen LogP contribution is -2.28. The minimum Gasteiger partial charge on any atom is -0.324 e. The highest BCUT2D eigenvalue weighted by Gasteiger charge is 2.19. The molecule has 0 saturated carbocycles. The zero-order chi connectivity index (χ0) is 13.2. The lowest BCUT2D eigenvalue weighted by atomic mass is 10.1. The fraction of sp³-hybridized carbons (Fsp3) is 0.188. The highest BCUT2D eigenvalue weighted by molar-refractivity contribution is 6.30. The van der Waals surface area contributed by atoms with Crippen LogP contribution in [-0.2, 0) is 0 Å². The van der Waals surface area contributed by atoms with Crippen molar-refractivity contribution in [3.8, 4) is 0 Å². The molecule has 3 rings (SSSR count). The summed E-state index contributed by atoms with van der Waals surface area (Å²) in [7, 11) is 0. The van der Waals surface area contributed by atoms with Crippen LogP contribution in [0.5, 0.6) is 0 Å². The molecule has 3 heteroatoms. The molecule has 96 valence electrons. The number of nitrogens with zero attached hydrogens (tertiary/aromatic N) is 2. The monoisotopic (exact) mass is 270 g/mol. The fourth-order valence-electron chi connectivity index (χ4n) is 2.34. The first-order valence-electron chi connectivity index (χ1n) is 6.38. The second kappa shape index (κ2) is 5.06. The van der Waals surface area contributed by atoms with E-state index in [-0.39, 0.29) is 0 Å². The first kappa shape index (κ1) is 12.2. The Morgan fingerprint density at radius 3 is 2.63 bits per heavy atom. The third-order valence-corrected chi connectivity index (χ3v) is 3.51. The van der Waals surface area contributed by atoms with Crippen molar-refractivity contribution < 1.29 is 0 Å². The standard InChI is InChI=1S/C16H15ClN2/c1-12-3-2-4-15(11-12)19-10-9-18-16(19)13-5-7-14(17)8-6-13/h2-8,11H,9-10H2,1H3. The van der Waals surface area contributed by atoms with Crippen molar-refractivity contribution in [3.05, 3.63) is 64.7 Å². The molecule has 19 heavy (non-hydrogen) atoms. The smallest absolute Gasteiger partial charge is 0.135 e. The molecular formula is C16H15ClN2. The van der Waals surface area contributed by atoms with Gasteiger partial charge in [0, 0.05) is 22.8 Å². The molecule has 0 saturated heterocycles. The first-order valence-corrected chi connectivity index (χ1v) is 6.76. The van der Waals surface area contributed by atoms with Crippen molar-refractivity contribution in [1.82, 2.24) is 0 Å². The molecule has 0 fully saturated rings. The summed E-state index contributed by atoms with van der Waals surface area (Å²) in [6.07, 6.45) is 0. The van der Waals surface area contributed by atoms with Gasteiger partial charge in [0.1, 0.15) is 5.84 Å². The van der Waals surface area contributed by atoms with Crippen molar-refractivity contribution in [2.24, 2.45) is 4.99 Å². The minimum absolute atomic E-state index is 0.754. The minimum atomic E-state index is 0.754. The van der Waals surface area contributed by atoms with E-state index >= 15 is 0 Å². The Labute approximate surface area is 118 Å². The summed E-state index contributed by atoms with van der Waals surface area (Å²) in [5.74, 6) is 1.03. The number of halogens is 1. The van der Waals surface area contributed by atoms with Gasteiger partial charge in [-0.05, 0) is 48.9 Å². The number of aliphatic imine (C=N–C) groups is 1. The summed E-state index contributed by atoms with van der Waals surface area (Å²) in [5, 5.41) is 0.754. The van der Waals surface area contributed by atoms with Gasteiger partial charge >= 0.3 is 0 Å². The van der Waals surface area contributed by atoms with Crippen LogP contribution in [0.25, 0.3) is 0 Å². The molecule has 0 spiro atoms. The maximum absolute atomic E-state index is 5.94. The van der Waals surface area contributed by atoms with E-state index in [1.165, 1.54) is 11.3 Å². The Bertz CT molecular complexity index is 617. The Balaban J connectivity index is 1.95. The molecule has 0 N–H and O–H groups in total. The third kappa shape index (κ3) is 2.49. The lowest BCUT2D eigenvalue weighted by Gasteiger charge is -2.21. The van der Waals surface area contributed by atoms with Gasteiger partial charge < -0.3 is 4.90 Å². The van der Waals surface area contributed by atoms with E-state index in [0.717, 1.165) is 29.5 Å². The van der Waals surface area contributed by atoms with Gasteiger partial charge in [0.25, 0.3) is 0 Å². The molecule has 2 nitrogen and oxygen atoms in total. The van der Waals surface area contributed by atoms with E-state index < -0.39 is 0 Å². The van der Waals surface area contributed by atoms with Crippen LogP contribution in [-0.4, -0.2) is 18.9 Å². The van der Waals surface area contributed by atoms with Crippen LogP contribution < -0.4 is 4.90 Å². The zero-order valence-electron chi connectivity index (χ0n) is 10.8. The number of anilines is 1. The number of benzene rings is 2. The molecular weight excluding hydrogens is 256 g/mol. The largest absolute Gasteiger partial charge is 0.324 e. The van der Waals surface area contributed by atoms with E-state index in [1.807, 2.05) is 24.3 Å². The van der Waals surface area contributed by atoms with Gasteiger partial charge in [-0.2, -0.15) is 0 Å². The number of amidine groups is 1. The molecule has 2 aromatic rings. The summed E-state index contributed by atoms with van der Waals surface area (Å²) in [6.45, 7) is 3.88. The van der Waals surface area contributed by atoms with Gasteiger partial charge in [-0.3, -0.25) is 4.99 Å². The van der Waals surface area contributed by atoms with Gasteiger partial charge in [0.05, 0.1) is 6.54 Å². The van der Waals surface area contributed by atoms with Crippen molar-refractivity contribution in [1.29, 1.82) is 0 Å². The van der Waals surface area contributed by atoms with Gasteiger partial charge in [0.2, 0.25) is 0 Å². The second-order valence-corrected chi connectivity index (χ2v) is 5.14. The van der Waals surface area contributed by atoms with E-state index in [9.17, 15) is 0 Å². The van der Waals surface area contributed by atoms with E-state index in [1.54, 1.807) is 0 Å². The van der Waals surface area contributed by atoms with Crippen molar-refractivity contribution in [3.63, 3.8) is 0 Å². The average molecular weight is 271 g/mol. The topological polar surface area (TPSA) is 15.6 Å². The number of rotatable bonds is 2. The van der Waals surface area contributed by atoms with Crippen LogP contribution in [0.3, 0.4) is 0 Å². The SMILES string of the molecule is Cc1cccc(N2CCN=C2c2ccc(Cl)cc2)c1. The van der Waals surface area contributed by atoms with E-state index in [2.05, 4.69) is 41.1 Å². The molecule has 2 aromatic carbocycles. The summed E-state index contributed by atoms with van der Waals surface area (Å²) in [4.78, 5) is 6.88. The molecule has 1 aliphatic heterocycles. The first-order chi connectivity index (χ1) is 9.24. The Hall–Kier alpha value is -1.80. The summed E-state index contributed by atoms with van der Waals surface area (Å²) < 4.78 is 0. The number of hydrogen-bond acceptors (Lipinski definition) is 2. The van der Waals surface area contributed by atoms with E-state index in [4.69, 9.17) is 11.6 Å². The summed E-state index contributed by atoms with van der Waals surface area (Å²) >= 11 is 5.94. The van der Waals surface area contributed by atoms with Crippen LogP contribution in [0.4, 0.5) is 5.69 Å². The molecule has 1 aliphatic rings. The highest BCUT2D eigenvalue weighted by Crippen LogP contribution is 2.22. The van der Waals surface area contributed by atoms with Crippen LogP contribution in [0.2, 0.25) is 5.02 Å². The van der Waals surface area contributed by atoms with Crippen LogP contribution in [0.1, 0.15) is 11.1 Å². The van der Waals surface area contributed by atoms with Crippen molar-refractivity contribution in [2.75, 3.05) is 18.0 Å². The second-order valence-electron chi connectivity index (χ2n) is 4.70. The maximum Gasteiger partial charge on any atom is 0.135 e. The van der Waals surface area contributed by atoms with Crippen LogP contribution in [0, 0.1) is 6.92 Å². The normalized spacial score (nSPS) is 14.6. The molecule has 0 bridgehead atoms. The number of hydrogen-bond donors (Lipinski definition) is 0. The molecule has 0 atom stereocenters. The molecule has 0 amide bonds. The van der Waals surface area contributed by atoms with Gasteiger partial charge in [-0.1, -0.05) is 23.7 Å². The predicted molar refractivity (Wildman–Crippen MR) is 81.4 cm³/mol. The van der Waals surface area contributed by atoms with Crippen molar-refractivity contribution in [2.45, 2.75) is 6.92 Å². The predicted octanol–water partition coefficient (Wildman–Crippen LogP) is 3.92. The summed E-state index contributed by atoms with van der Waals surface area (Å²) in [5.41, 5.74) is 3.58. The molecule has 0 unspecified atom stereocenters. The summed E-state index contributed by atoms with van der Waals surface area (Å²) in [6, 6.07) is 16.4. The molecule has 1 heterocycles. The average Bonchev–Trinajstić information content (AvgIpc) is 2.89. The maximum atomic E-state index is 5.94. The molecule has 0 aromatic heterocycles. The zero-order valence-corrected chi connectivity index (χ0v) is 11.6. The van der Waals surface area contributed by atoms with Crippen LogP contribution in [0.15, 0.2) is 53.5 Å². The van der Waals surface area contributed by atoms with E-state index in [0.29, 0.717) is 0 Å². The Morgan fingerprint density at radius 1 is 1.11 bits per heavy atom. The Kier molecular flexibility index (Phi) is 3.26. The van der Waals surface area contributed by atoms with Gasteiger partial charge in [-0.15, -0.1) is 0 Å². The fourth-order valence-corrected chi connectivity index (χ4v) is 2.47.